The summed E-state index contributed by atoms with van der Waals surface area (Å²) >= 11 is 0. The van der Waals surface area contributed by atoms with Gasteiger partial charge >= 0.3 is 5.69 Å². The van der Waals surface area contributed by atoms with E-state index in [4.69, 9.17) is 0 Å². The first-order chi connectivity index (χ1) is 11.2. The molecule has 1 aliphatic heterocycles. The summed E-state index contributed by atoms with van der Waals surface area (Å²) in [6.45, 7) is 10.1. The molecule has 0 fully saturated rings. The molecular formula is C18H24N4O. The van der Waals surface area contributed by atoms with Gasteiger partial charge in [0.15, 0.2) is 0 Å². The van der Waals surface area contributed by atoms with E-state index in [1.807, 2.05) is 16.7 Å². The average molecular weight is 312 g/mol. The van der Waals surface area contributed by atoms with Gasteiger partial charge in [-0.1, -0.05) is 19.4 Å². The Balaban J connectivity index is 2.11. The van der Waals surface area contributed by atoms with Gasteiger partial charge in [0, 0.05) is 24.7 Å². The van der Waals surface area contributed by atoms with Gasteiger partial charge in [-0.15, -0.1) is 6.58 Å². The highest BCUT2D eigenvalue weighted by molar-refractivity contribution is 6.02. The molecule has 122 valence electrons. The number of imidazole rings is 1. The number of allylic oxidation sites excluding steroid dienone is 1. The SMILES string of the molecule is C=CCn1c(=O)n(CCCC)c2ccc(C3=NCC(C)N3)cc21. The highest BCUT2D eigenvalue weighted by atomic mass is 16.1. The van der Waals surface area contributed by atoms with Crippen LogP contribution in [0.25, 0.3) is 11.0 Å². The van der Waals surface area contributed by atoms with E-state index < -0.39 is 0 Å². The fraction of sp³-hybridized carbons (Fsp3) is 0.444. The molecule has 0 aliphatic carbocycles. The lowest BCUT2D eigenvalue weighted by Gasteiger charge is -2.07. The van der Waals surface area contributed by atoms with E-state index in [1.54, 1.807) is 10.6 Å². The number of hydrogen-bond acceptors (Lipinski definition) is 3. The number of aryl methyl sites for hydroxylation is 1. The predicted octanol–water partition coefficient (Wildman–Crippen LogP) is 2.53. The Morgan fingerprint density at radius 2 is 2.22 bits per heavy atom. The van der Waals surface area contributed by atoms with Gasteiger partial charge in [0.05, 0.1) is 17.6 Å². The van der Waals surface area contributed by atoms with Crippen molar-refractivity contribution in [3.63, 3.8) is 0 Å². The Labute approximate surface area is 136 Å². The first-order valence-corrected chi connectivity index (χ1v) is 8.31. The monoisotopic (exact) mass is 312 g/mol. The van der Waals surface area contributed by atoms with Crippen molar-refractivity contribution in [3.05, 3.63) is 46.9 Å². The zero-order valence-electron chi connectivity index (χ0n) is 13.9. The maximum atomic E-state index is 12.7. The Morgan fingerprint density at radius 1 is 1.39 bits per heavy atom. The van der Waals surface area contributed by atoms with E-state index in [-0.39, 0.29) is 5.69 Å². The van der Waals surface area contributed by atoms with Crippen molar-refractivity contribution in [2.24, 2.45) is 4.99 Å². The second-order valence-electron chi connectivity index (χ2n) is 6.13. The molecule has 1 aromatic carbocycles. The van der Waals surface area contributed by atoms with Crippen molar-refractivity contribution in [2.45, 2.75) is 45.8 Å². The molecule has 0 saturated carbocycles. The smallest absolute Gasteiger partial charge is 0.329 e. The molecule has 5 nitrogen and oxygen atoms in total. The summed E-state index contributed by atoms with van der Waals surface area (Å²) in [4.78, 5) is 17.2. The van der Waals surface area contributed by atoms with Crippen LogP contribution < -0.4 is 11.0 Å². The third kappa shape index (κ3) is 2.83. The molecule has 2 aromatic rings. The highest BCUT2D eigenvalue weighted by Crippen LogP contribution is 2.18. The second kappa shape index (κ2) is 6.44. The summed E-state index contributed by atoms with van der Waals surface area (Å²) in [5.41, 5.74) is 3.01. The Kier molecular flexibility index (Phi) is 4.37. The number of fused-ring (bicyclic) bond motifs is 1. The van der Waals surface area contributed by atoms with Gasteiger partial charge in [0.2, 0.25) is 0 Å². The molecule has 0 spiro atoms. The number of aromatic nitrogens is 2. The molecule has 23 heavy (non-hydrogen) atoms. The molecule has 0 radical (unpaired) electrons. The summed E-state index contributed by atoms with van der Waals surface area (Å²) in [6.07, 6.45) is 3.84. The van der Waals surface area contributed by atoms with E-state index in [2.05, 4.69) is 36.8 Å². The lowest BCUT2D eigenvalue weighted by molar-refractivity contribution is 0.608. The minimum atomic E-state index is 0.0418. The zero-order valence-corrected chi connectivity index (χ0v) is 13.9. The number of benzene rings is 1. The number of rotatable bonds is 6. The molecule has 0 saturated heterocycles. The van der Waals surface area contributed by atoms with Crippen LogP contribution in [0, 0.1) is 0 Å². The number of nitrogens with zero attached hydrogens (tertiary/aromatic N) is 3. The van der Waals surface area contributed by atoms with Crippen LogP contribution >= 0.6 is 0 Å². The predicted molar refractivity (Wildman–Crippen MR) is 95.3 cm³/mol. The van der Waals surface area contributed by atoms with Gasteiger partial charge in [0.25, 0.3) is 0 Å². The molecule has 3 rings (SSSR count). The van der Waals surface area contributed by atoms with Crippen LogP contribution in [0.15, 0.2) is 40.6 Å². The molecular weight excluding hydrogens is 288 g/mol. The average Bonchev–Trinajstić information content (AvgIpc) is 3.09. The number of unbranched alkanes of at least 4 members (excludes halogenated alkanes) is 1. The number of hydrogen-bond donors (Lipinski definition) is 1. The van der Waals surface area contributed by atoms with Crippen LogP contribution in [0.5, 0.6) is 0 Å². The van der Waals surface area contributed by atoms with Gasteiger partial charge in [-0.05, 0) is 31.5 Å². The van der Waals surface area contributed by atoms with E-state index in [0.717, 1.165) is 48.4 Å². The van der Waals surface area contributed by atoms with Crippen molar-refractivity contribution in [1.82, 2.24) is 14.5 Å². The molecule has 1 atom stereocenters. The fourth-order valence-electron chi connectivity index (χ4n) is 3.03. The maximum Gasteiger partial charge on any atom is 0.329 e. The third-order valence-corrected chi connectivity index (χ3v) is 4.25. The molecule has 5 heteroatoms. The normalized spacial score (nSPS) is 17.3. The van der Waals surface area contributed by atoms with Gasteiger partial charge in [-0.2, -0.15) is 0 Å². The van der Waals surface area contributed by atoms with E-state index in [9.17, 15) is 4.79 Å². The van der Waals surface area contributed by atoms with Crippen molar-refractivity contribution < 1.29 is 0 Å². The number of aliphatic imine (C=N–C) groups is 1. The summed E-state index contributed by atoms with van der Waals surface area (Å²) in [7, 11) is 0. The van der Waals surface area contributed by atoms with E-state index in [0.29, 0.717) is 12.6 Å². The van der Waals surface area contributed by atoms with Crippen molar-refractivity contribution in [1.29, 1.82) is 0 Å². The molecule has 0 bridgehead atoms. The van der Waals surface area contributed by atoms with E-state index in [1.165, 1.54) is 0 Å². The minimum absolute atomic E-state index is 0.0418. The van der Waals surface area contributed by atoms with Crippen molar-refractivity contribution >= 4 is 16.9 Å². The third-order valence-electron chi connectivity index (χ3n) is 4.25. The van der Waals surface area contributed by atoms with Crippen LogP contribution in [0.2, 0.25) is 0 Å². The Bertz CT molecular complexity index is 812. The maximum absolute atomic E-state index is 12.7. The molecule has 1 N–H and O–H groups in total. The molecule has 1 unspecified atom stereocenters. The lowest BCUT2D eigenvalue weighted by atomic mass is 10.1. The summed E-state index contributed by atoms with van der Waals surface area (Å²) in [5.74, 6) is 0.915. The van der Waals surface area contributed by atoms with Crippen LogP contribution in [-0.2, 0) is 13.1 Å². The van der Waals surface area contributed by atoms with E-state index >= 15 is 0 Å². The first kappa shape index (κ1) is 15.6. The largest absolute Gasteiger partial charge is 0.366 e. The van der Waals surface area contributed by atoms with Gasteiger partial charge in [-0.25, -0.2) is 4.79 Å². The van der Waals surface area contributed by atoms with Crippen molar-refractivity contribution in [3.8, 4) is 0 Å². The fourth-order valence-corrected chi connectivity index (χ4v) is 3.03. The van der Waals surface area contributed by atoms with Crippen LogP contribution in [-0.4, -0.2) is 27.6 Å². The first-order valence-electron chi connectivity index (χ1n) is 8.31. The Morgan fingerprint density at radius 3 is 2.87 bits per heavy atom. The molecule has 2 heterocycles. The van der Waals surface area contributed by atoms with Gasteiger partial charge in [0.1, 0.15) is 5.84 Å². The van der Waals surface area contributed by atoms with Gasteiger partial charge in [-0.3, -0.25) is 14.1 Å². The molecule has 0 amide bonds. The summed E-state index contributed by atoms with van der Waals surface area (Å²) in [5, 5.41) is 3.38. The standard InChI is InChI=1S/C18H24N4O/c1-4-6-10-22-15-8-7-14(17-19-12-13(3)20-17)11-16(15)21(9-5-2)18(22)23/h5,7-8,11,13H,2,4,6,9-10,12H2,1,3H3,(H,19,20). The summed E-state index contributed by atoms with van der Waals surface area (Å²) in [6, 6.07) is 6.51. The topological polar surface area (TPSA) is 51.3 Å². The van der Waals surface area contributed by atoms with Crippen LogP contribution in [0.4, 0.5) is 0 Å². The summed E-state index contributed by atoms with van der Waals surface area (Å²) < 4.78 is 3.67. The number of nitrogens with one attached hydrogen (secondary N) is 1. The highest BCUT2D eigenvalue weighted by Gasteiger charge is 2.17. The molecule has 1 aliphatic rings. The quantitative estimate of drug-likeness (QED) is 0.833. The zero-order chi connectivity index (χ0) is 16.4. The van der Waals surface area contributed by atoms with Crippen LogP contribution in [0.3, 0.4) is 0 Å². The van der Waals surface area contributed by atoms with Crippen LogP contribution in [0.1, 0.15) is 32.3 Å². The Hall–Kier alpha value is -2.30. The van der Waals surface area contributed by atoms with Crippen molar-refractivity contribution in [2.75, 3.05) is 6.54 Å². The molecule has 1 aromatic heterocycles. The van der Waals surface area contributed by atoms with Gasteiger partial charge < -0.3 is 5.32 Å². The second-order valence-corrected chi connectivity index (χ2v) is 6.13. The number of amidine groups is 1. The minimum Gasteiger partial charge on any atom is -0.366 e. The lowest BCUT2D eigenvalue weighted by Crippen LogP contribution is -2.27.